The van der Waals surface area contributed by atoms with Crippen LogP contribution in [0.25, 0.3) is 5.69 Å². The Morgan fingerprint density at radius 1 is 1.11 bits per heavy atom. The zero-order chi connectivity index (χ0) is 19.3. The van der Waals surface area contributed by atoms with Gasteiger partial charge >= 0.3 is 0 Å². The van der Waals surface area contributed by atoms with Crippen LogP contribution in [0.15, 0.2) is 35.3 Å². The molecule has 2 aromatic carbocycles. The number of hydrogen-bond acceptors (Lipinski definition) is 4. The molecule has 5 nitrogen and oxygen atoms in total. The van der Waals surface area contributed by atoms with E-state index in [2.05, 4.69) is 15.1 Å². The lowest BCUT2D eigenvalue weighted by atomic mass is 9.99. The highest BCUT2D eigenvalue weighted by molar-refractivity contribution is 6.45. The van der Waals surface area contributed by atoms with E-state index in [1.165, 1.54) is 10.7 Å². The van der Waals surface area contributed by atoms with Crippen molar-refractivity contribution in [2.45, 2.75) is 19.6 Å². The number of rotatable bonds is 2. The zero-order valence-electron chi connectivity index (χ0n) is 13.9. The third kappa shape index (κ3) is 2.82. The second-order valence-electron chi connectivity index (χ2n) is 5.96. The average molecular weight is 409 g/mol. The molecule has 0 spiro atoms. The molecule has 0 saturated heterocycles. The summed E-state index contributed by atoms with van der Waals surface area (Å²) in [5.41, 5.74) is 0.381. The summed E-state index contributed by atoms with van der Waals surface area (Å²) >= 11 is 12.6. The fourth-order valence-corrected chi connectivity index (χ4v) is 3.46. The normalized spacial score (nSPS) is 15.8. The third-order valence-corrected chi connectivity index (χ3v) is 5.06. The predicted molar refractivity (Wildman–Crippen MR) is 97.7 cm³/mol. The van der Waals surface area contributed by atoms with Gasteiger partial charge in [-0.25, -0.2) is 18.4 Å². The molecule has 0 unspecified atom stereocenters. The first kappa shape index (κ1) is 18.0. The Labute approximate surface area is 162 Å². The van der Waals surface area contributed by atoms with Gasteiger partial charge in [0.05, 0.1) is 27.0 Å². The molecular weight excluding hydrogens is 397 g/mol. The van der Waals surface area contributed by atoms with Crippen molar-refractivity contribution in [3.63, 3.8) is 0 Å². The van der Waals surface area contributed by atoms with Crippen molar-refractivity contribution in [2.75, 3.05) is 0 Å². The van der Waals surface area contributed by atoms with Crippen LogP contribution in [0.5, 0.6) is 0 Å². The van der Waals surface area contributed by atoms with Crippen LogP contribution in [0.2, 0.25) is 10.0 Å². The van der Waals surface area contributed by atoms with Crippen LogP contribution >= 0.6 is 23.2 Å². The van der Waals surface area contributed by atoms with Gasteiger partial charge in [0.2, 0.25) is 0 Å². The molecule has 0 aliphatic carbocycles. The van der Waals surface area contributed by atoms with Crippen molar-refractivity contribution >= 4 is 28.9 Å². The van der Waals surface area contributed by atoms with E-state index in [0.717, 1.165) is 12.1 Å². The van der Waals surface area contributed by atoms with Gasteiger partial charge in [-0.05, 0) is 31.2 Å². The summed E-state index contributed by atoms with van der Waals surface area (Å²) in [4.78, 5) is 8.75. The van der Waals surface area contributed by atoms with E-state index >= 15 is 0 Å². The highest BCUT2D eigenvalue weighted by Gasteiger charge is 2.30. The number of aromatic nitrogens is 3. The van der Waals surface area contributed by atoms with Crippen molar-refractivity contribution < 1.29 is 13.9 Å². The quantitative estimate of drug-likeness (QED) is 0.688. The van der Waals surface area contributed by atoms with Crippen molar-refractivity contribution in [1.29, 1.82) is 0 Å². The van der Waals surface area contributed by atoms with Gasteiger partial charge in [0.15, 0.2) is 11.6 Å². The summed E-state index contributed by atoms with van der Waals surface area (Å²) in [5, 5.41) is 13.9. The molecule has 3 aromatic rings. The van der Waals surface area contributed by atoms with Gasteiger partial charge in [-0.3, -0.25) is 4.99 Å². The maximum Gasteiger partial charge on any atom is 0.176 e. The van der Waals surface area contributed by atoms with Crippen LogP contribution in [0.3, 0.4) is 0 Å². The van der Waals surface area contributed by atoms with E-state index in [0.29, 0.717) is 11.5 Å². The van der Waals surface area contributed by atoms with E-state index in [1.54, 1.807) is 19.1 Å². The van der Waals surface area contributed by atoms with Gasteiger partial charge in [0, 0.05) is 5.56 Å². The van der Waals surface area contributed by atoms with Crippen LogP contribution < -0.4 is 0 Å². The van der Waals surface area contributed by atoms with Crippen LogP contribution in [0, 0.1) is 11.6 Å². The Morgan fingerprint density at radius 2 is 1.81 bits per heavy atom. The molecule has 1 aromatic heterocycles. The fraction of sp³-hybridized carbons (Fsp3) is 0.167. The molecule has 138 valence electrons. The van der Waals surface area contributed by atoms with Gasteiger partial charge in [-0.2, -0.15) is 0 Å². The summed E-state index contributed by atoms with van der Waals surface area (Å²) in [5.74, 6) is -0.937. The molecule has 9 heteroatoms. The highest BCUT2D eigenvalue weighted by atomic mass is 35.5. The third-order valence-electron chi connectivity index (χ3n) is 4.25. The second-order valence-corrected chi connectivity index (χ2v) is 6.75. The molecule has 0 saturated carbocycles. The SMILES string of the molecule is C[C@@H]1N=C(c2c(F)cccc2F)c2c(ccc(Cl)c2Cl)-n2nc(CO)nc21. The van der Waals surface area contributed by atoms with Crippen LogP contribution in [0.1, 0.15) is 35.7 Å². The first-order valence-electron chi connectivity index (χ1n) is 8.00. The predicted octanol–water partition coefficient (Wildman–Crippen LogP) is 4.26. The van der Waals surface area contributed by atoms with Gasteiger partial charge < -0.3 is 5.11 Å². The number of benzene rings is 2. The second kappa shape index (κ2) is 6.67. The van der Waals surface area contributed by atoms with Gasteiger partial charge in [-0.15, -0.1) is 5.10 Å². The minimum Gasteiger partial charge on any atom is -0.388 e. The maximum atomic E-state index is 14.5. The Bertz CT molecular complexity index is 1080. The first-order valence-corrected chi connectivity index (χ1v) is 8.75. The Balaban J connectivity index is 2.10. The average Bonchev–Trinajstić information content (AvgIpc) is 3.03. The topological polar surface area (TPSA) is 63.3 Å². The van der Waals surface area contributed by atoms with Gasteiger partial charge in [0.1, 0.15) is 24.3 Å². The smallest absolute Gasteiger partial charge is 0.176 e. The van der Waals surface area contributed by atoms with E-state index in [1.807, 2.05) is 0 Å². The first-order chi connectivity index (χ1) is 12.9. The summed E-state index contributed by atoms with van der Waals surface area (Å²) in [6, 6.07) is 6.14. The lowest BCUT2D eigenvalue weighted by Gasteiger charge is -2.14. The lowest BCUT2D eigenvalue weighted by Crippen LogP contribution is -2.13. The van der Waals surface area contributed by atoms with Crippen LogP contribution in [-0.2, 0) is 6.61 Å². The standard InChI is InChI=1S/C18H12Cl2F2N4O/c1-8-18-24-13(7-27)25-26(18)12-6-5-9(19)16(20)15(12)17(23-8)14-10(21)3-2-4-11(14)22/h2-6,8,27H,7H2,1H3/t8-/m0/s1. The molecule has 0 radical (unpaired) electrons. The fourth-order valence-electron chi connectivity index (χ4n) is 3.05. The molecule has 1 aliphatic heterocycles. The van der Waals surface area contributed by atoms with Gasteiger partial charge in [0.25, 0.3) is 0 Å². The summed E-state index contributed by atoms with van der Waals surface area (Å²) < 4.78 is 30.5. The molecule has 1 atom stereocenters. The van der Waals surface area contributed by atoms with Crippen molar-refractivity contribution in [3.8, 4) is 5.69 Å². The van der Waals surface area contributed by atoms with Crippen molar-refractivity contribution in [2.24, 2.45) is 4.99 Å². The zero-order valence-corrected chi connectivity index (χ0v) is 15.4. The Morgan fingerprint density at radius 3 is 2.48 bits per heavy atom. The minimum absolute atomic E-state index is 0.0263. The van der Waals surface area contributed by atoms with E-state index < -0.39 is 17.7 Å². The monoisotopic (exact) mass is 408 g/mol. The summed E-state index contributed by atoms with van der Waals surface area (Å²) in [7, 11) is 0. The number of nitrogens with zero attached hydrogens (tertiary/aromatic N) is 4. The van der Waals surface area contributed by atoms with Crippen molar-refractivity contribution in [1.82, 2.24) is 14.8 Å². The van der Waals surface area contributed by atoms with E-state index in [-0.39, 0.29) is 39.3 Å². The van der Waals surface area contributed by atoms with Crippen LogP contribution in [0.4, 0.5) is 8.78 Å². The van der Waals surface area contributed by atoms with Crippen molar-refractivity contribution in [3.05, 3.63) is 74.8 Å². The van der Waals surface area contributed by atoms with E-state index in [9.17, 15) is 13.9 Å². The number of aliphatic imine (C=N–C) groups is 1. The maximum absolute atomic E-state index is 14.5. The number of halogens is 4. The van der Waals surface area contributed by atoms with E-state index in [4.69, 9.17) is 23.2 Å². The molecule has 2 heterocycles. The number of hydrogen-bond donors (Lipinski definition) is 1. The number of fused-ring (bicyclic) bond motifs is 3. The molecule has 1 aliphatic rings. The minimum atomic E-state index is -0.772. The number of aliphatic hydroxyl groups excluding tert-OH is 1. The molecular formula is C18H12Cl2F2N4O. The Hall–Kier alpha value is -2.35. The van der Waals surface area contributed by atoms with Gasteiger partial charge in [-0.1, -0.05) is 29.3 Å². The van der Waals surface area contributed by atoms with Crippen LogP contribution in [-0.4, -0.2) is 25.6 Å². The Kier molecular flexibility index (Phi) is 4.46. The molecule has 0 fully saturated rings. The number of aliphatic hydroxyl groups is 1. The molecule has 4 rings (SSSR count). The highest BCUT2D eigenvalue weighted by Crippen LogP contribution is 2.37. The molecule has 27 heavy (non-hydrogen) atoms. The molecule has 0 bridgehead atoms. The largest absolute Gasteiger partial charge is 0.388 e. The summed E-state index contributed by atoms with van der Waals surface area (Å²) in [6.07, 6.45) is 0. The molecule has 0 amide bonds. The lowest BCUT2D eigenvalue weighted by molar-refractivity contribution is 0.271. The molecule has 1 N–H and O–H groups in total. The summed E-state index contributed by atoms with van der Waals surface area (Å²) in [6.45, 7) is 1.35.